The third-order valence-electron chi connectivity index (χ3n) is 13.0. The molecule has 0 radical (unpaired) electrons. The van der Waals surface area contributed by atoms with Crippen LogP contribution in [0.3, 0.4) is 0 Å². The molecule has 0 saturated heterocycles. The predicted octanol–water partition coefficient (Wildman–Crippen LogP) is 18.3. The van der Waals surface area contributed by atoms with Crippen LogP contribution >= 0.6 is 22.7 Å². The number of benzene rings is 9. The molecule has 4 aromatic heterocycles. The fraction of sp³-hybridized carbons (Fsp3) is 0.0357. The highest BCUT2D eigenvalue weighted by molar-refractivity contribution is 7.27. The van der Waals surface area contributed by atoms with Gasteiger partial charge in [0, 0.05) is 63.6 Å². The summed E-state index contributed by atoms with van der Waals surface area (Å²) in [5, 5.41) is 4.99. The maximum absolute atomic E-state index is 17.2. The molecule has 0 amide bonds. The standard InChI is InChI=1S/C56H28F8N2S2/c57-31-13-9-11-29(27-31)45-47(55(59,60)61)52(66-42-20-6-2-16-34(42)38-24-26-40-36-18-4-8-22-44(36)68-54(40)50(38)66)48(56(62,63)64)46(30-12-10-14-32(58)28-30)51(45)65-41-19-5-1-15-33(41)37-23-25-39-35-17-3-7-21-43(35)67-53(39)49(37)65/h1-28H. The van der Waals surface area contributed by atoms with Gasteiger partial charge in [0.05, 0.1) is 54.0 Å². The predicted molar refractivity (Wildman–Crippen MR) is 262 cm³/mol. The van der Waals surface area contributed by atoms with Gasteiger partial charge in [-0.05, 0) is 59.7 Å². The molecule has 12 heteroatoms. The van der Waals surface area contributed by atoms with Gasteiger partial charge in [0.1, 0.15) is 11.6 Å². The highest BCUT2D eigenvalue weighted by atomic mass is 32.1. The Morgan fingerprint density at radius 2 is 0.735 bits per heavy atom. The van der Waals surface area contributed by atoms with Crippen LogP contribution in [0.15, 0.2) is 170 Å². The van der Waals surface area contributed by atoms with E-state index in [-0.39, 0.29) is 22.2 Å². The number of hydrogen-bond acceptors (Lipinski definition) is 2. The molecule has 0 fully saturated rings. The number of nitrogens with zero attached hydrogens (tertiary/aromatic N) is 2. The molecule has 0 unspecified atom stereocenters. The Morgan fingerprint density at radius 3 is 1.16 bits per heavy atom. The lowest BCUT2D eigenvalue weighted by molar-refractivity contribution is -0.142. The molecule has 13 aromatic rings. The molecule has 0 aliphatic rings. The summed E-state index contributed by atoms with van der Waals surface area (Å²) in [6.45, 7) is 0. The van der Waals surface area contributed by atoms with E-state index >= 15 is 35.1 Å². The van der Waals surface area contributed by atoms with Crippen LogP contribution in [0.4, 0.5) is 35.1 Å². The van der Waals surface area contributed by atoms with Crippen molar-refractivity contribution < 1.29 is 35.1 Å². The smallest absolute Gasteiger partial charge is 0.307 e. The van der Waals surface area contributed by atoms with Gasteiger partial charge in [-0.15, -0.1) is 22.7 Å². The van der Waals surface area contributed by atoms with E-state index in [0.717, 1.165) is 54.4 Å². The lowest BCUT2D eigenvalue weighted by Gasteiger charge is -2.31. The van der Waals surface area contributed by atoms with Crippen LogP contribution in [0.5, 0.6) is 0 Å². The first-order chi connectivity index (χ1) is 32.9. The van der Waals surface area contributed by atoms with Crippen molar-refractivity contribution in [3.8, 4) is 33.6 Å². The summed E-state index contributed by atoms with van der Waals surface area (Å²) in [5.74, 6) is -1.82. The number of fused-ring (bicyclic) bond motifs is 14. The van der Waals surface area contributed by atoms with Crippen LogP contribution in [0, 0.1) is 11.6 Å². The maximum Gasteiger partial charge on any atom is 0.419 e. The Morgan fingerprint density at radius 1 is 0.353 bits per heavy atom. The van der Waals surface area contributed by atoms with Gasteiger partial charge in [0.2, 0.25) is 0 Å². The maximum atomic E-state index is 17.2. The molecule has 13 rings (SSSR count). The van der Waals surface area contributed by atoms with Gasteiger partial charge in [0.15, 0.2) is 0 Å². The van der Waals surface area contributed by atoms with Crippen molar-refractivity contribution in [2.24, 2.45) is 0 Å². The van der Waals surface area contributed by atoms with Gasteiger partial charge >= 0.3 is 12.4 Å². The van der Waals surface area contributed by atoms with E-state index in [0.29, 0.717) is 47.4 Å². The second kappa shape index (κ2) is 14.5. The summed E-state index contributed by atoms with van der Waals surface area (Å²) < 4.78 is 140. The topological polar surface area (TPSA) is 9.86 Å². The minimum atomic E-state index is -5.54. The molecule has 0 atom stereocenters. The monoisotopic (exact) mass is 944 g/mol. The second-order valence-electron chi connectivity index (χ2n) is 16.8. The molecule has 330 valence electrons. The van der Waals surface area contributed by atoms with E-state index in [1.807, 2.05) is 66.7 Å². The quantitative estimate of drug-likeness (QED) is 0.156. The molecule has 9 aromatic carbocycles. The van der Waals surface area contributed by atoms with E-state index in [1.54, 1.807) is 48.5 Å². The van der Waals surface area contributed by atoms with Crippen molar-refractivity contribution in [2.45, 2.75) is 12.4 Å². The zero-order chi connectivity index (χ0) is 46.4. The molecule has 68 heavy (non-hydrogen) atoms. The number of thiophene rings is 2. The van der Waals surface area contributed by atoms with Crippen molar-refractivity contribution in [3.63, 3.8) is 0 Å². The first-order valence-electron chi connectivity index (χ1n) is 21.4. The molecule has 0 saturated carbocycles. The van der Waals surface area contributed by atoms with Crippen LogP contribution in [-0.4, -0.2) is 9.13 Å². The van der Waals surface area contributed by atoms with Crippen molar-refractivity contribution in [1.29, 1.82) is 0 Å². The Balaban J connectivity index is 1.37. The lowest BCUT2D eigenvalue weighted by Crippen LogP contribution is -2.23. The summed E-state index contributed by atoms with van der Waals surface area (Å²) in [6, 6.07) is 44.6. The second-order valence-corrected chi connectivity index (χ2v) is 18.9. The average Bonchev–Trinajstić information content (AvgIpc) is 4.08. The highest BCUT2D eigenvalue weighted by Gasteiger charge is 2.49. The molecule has 2 nitrogen and oxygen atoms in total. The van der Waals surface area contributed by atoms with Crippen molar-refractivity contribution >= 4 is 107 Å². The van der Waals surface area contributed by atoms with Crippen molar-refractivity contribution in [3.05, 3.63) is 193 Å². The fourth-order valence-electron chi connectivity index (χ4n) is 10.5. The van der Waals surface area contributed by atoms with Gasteiger partial charge < -0.3 is 9.13 Å². The molecule has 4 heterocycles. The first-order valence-corrected chi connectivity index (χ1v) is 23.1. The summed E-state index contributed by atoms with van der Waals surface area (Å²) in [6.07, 6.45) is -11.1. The fourth-order valence-corrected chi connectivity index (χ4v) is 13.0. The summed E-state index contributed by atoms with van der Waals surface area (Å²) in [4.78, 5) is 0. The van der Waals surface area contributed by atoms with Crippen LogP contribution < -0.4 is 0 Å². The Labute approximate surface area is 387 Å². The highest BCUT2D eigenvalue weighted by Crippen LogP contribution is 2.58. The van der Waals surface area contributed by atoms with Gasteiger partial charge in [-0.3, -0.25) is 0 Å². The van der Waals surface area contributed by atoms with Crippen molar-refractivity contribution in [1.82, 2.24) is 9.13 Å². The summed E-state index contributed by atoms with van der Waals surface area (Å²) in [7, 11) is 0. The average molecular weight is 945 g/mol. The number of aromatic nitrogens is 2. The number of rotatable bonds is 4. The van der Waals surface area contributed by atoms with E-state index in [1.165, 1.54) is 57.6 Å². The summed E-state index contributed by atoms with van der Waals surface area (Å²) in [5.41, 5.74) is -6.26. The minimum absolute atomic E-state index is 0.0791. The first kappa shape index (κ1) is 40.7. The third kappa shape index (κ3) is 5.80. The number of para-hydroxylation sites is 2. The number of alkyl halides is 6. The van der Waals surface area contributed by atoms with E-state index in [9.17, 15) is 0 Å². The number of hydrogen-bond donors (Lipinski definition) is 0. The van der Waals surface area contributed by atoms with Gasteiger partial charge in [-0.2, -0.15) is 26.3 Å². The minimum Gasteiger partial charge on any atom is -0.307 e. The SMILES string of the molecule is Fc1cccc(-c2c(-n3c4ccccc4c4ccc5c6ccccc6sc5c43)c(-c3cccc(F)c3)c(C(F)(F)F)c(-n3c4ccccc4c4ccc5c6ccccc6sc5c43)c2C(F)(F)F)c1. The third-order valence-corrected chi connectivity index (χ3v) is 15.4. The Kier molecular flexibility index (Phi) is 8.67. The normalized spacial score (nSPS) is 12.7. The largest absolute Gasteiger partial charge is 0.419 e. The molecule has 0 bridgehead atoms. The molecule has 0 N–H and O–H groups in total. The van der Waals surface area contributed by atoms with Crippen molar-refractivity contribution in [2.75, 3.05) is 0 Å². The van der Waals surface area contributed by atoms with Crippen LogP contribution in [0.2, 0.25) is 0 Å². The van der Waals surface area contributed by atoms with Crippen LogP contribution in [0.25, 0.3) is 118 Å². The zero-order valence-corrected chi connectivity index (χ0v) is 36.5. The van der Waals surface area contributed by atoms with Crippen LogP contribution in [0.1, 0.15) is 11.1 Å². The van der Waals surface area contributed by atoms with Gasteiger partial charge in [-0.1, -0.05) is 121 Å². The zero-order valence-electron chi connectivity index (χ0n) is 34.9. The van der Waals surface area contributed by atoms with E-state index in [2.05, 4.69) is 0 Å². The lowest BCUT2D eigenvalue weighted by atomic mass is 9.84. The Bertz CT molecular complexity index is 4200. The van der Waals surface area contributed by atoms with Gasteiger partial charge in [0.25, 0.3) is 0 Å². The Hall–Kier alpha value is -7.54. The van der Waals surface area contributed by atoms with Gasteiger partial charge in [-0.25, -0.2) is 8.78 Å². The number of halogens is 8. The van der Waals surface area contributed by atoms with E-state index < -0.39 is 57.6 Å². The molecular weight excluding hydrogens is 917 g/mol. The summed E-state index contributed by atoms with van der Waals surface area (Å²) >= 11 is 2.63. The molecular formula is C56H28F8N2S2. The van der Waals surface area contributed by atoms with E-state index in [4.69, 9.17) is 0 Å². The molecule has 0 aliphatic heterocycles. The van der Waals surface area contributed by atoms with Crippen LogP contribution in [-0.2, 0) is 12.4 Å². The molecule has 0 spiro atoms. The molecule has 0 aliphatic carbocycles.